The summed E-state index contributed by atoms with van der Waals surface area (Å²) in [6.07, 6.45) is 1.13. The Morgan fingerprint density at radius 1 is 0.939 bits per heavy atom. The number of carbonyl (C=O) groups excluding carboxylic acids is 2. The Balaban J connectivity index is 1.54. The van der Waals surface area contributed by atoms with Crippen molar-refractivity contribution in [2.45, 2.75) is 20.0 Å². The number of hydrogen-bond donors (Lipinski definition) is 2. The van der Waals surface area contributed by atoms with Gasteiger partial charge in [0.05, 0.1) is 18.5 Å². The molecule has 3 aromatic carbocycles. The van der Waals surface area contributed by atoms with E-state index in [4.69, 9.17) is 9.47 Å². The normalized spacial score (nSPS) is 10.6. The van der Waals surface area contributed by atoms with Gasteiger partial charge >= 0.3 is 0 Å². The second-order valence-corrected chi connectivity index (χ2v) is 7.77. The van der Waals surface area contributed by atoms with Gasteiger partial charge in [-0.1, -0.05) is 42.5 Å². The van der Waals surface area contributed by atoms with E-state index in [0.717, 1.165) is 10.0 Å². The number of hydrogen-bond acceptors (Lipinski definition) is 5. The molecule has 0 bridgehead atoms. The van der Waals surface area contributed by atoms with E-state index in [9.17, 15) is 9.59 Å². The van der Waals surface area contributed by atoms with E-state index in [1.165, 1.54) is 6.21 Å². The molecule has 0 radical (unpaired) electrons. The molecule has 7 nitrogen and oxygen atoms in total. The predicted molar refractivity (Wildman–Crippen MR) is 132 cm³/mol. The summed E-state index contributed by atoms with van der Waals surface area (Å²) in [7, 11) is 0. The topological polar surface area (TPSA) is 89.0 Å². The third-order valence-electron chi connectivity index (χ3n) is 4.38. The minimum absolute atomic E-state index is 0.352. The molecule has 2 N–H and O–H groups in total. The highest BCUT2D eigenvalue weighted by Crippen LogP contribution is 2.29. The van der Waals surface area contributed by atoms with Crippen molar-refractivity contribution in [2.24, 2.45) is 5.10 Å². The first kappa shape index (κ1) is 24.0. The quantitative estimate of drug-likeness (QED) is 0.231. The van der Waals surface area contributed by atoms with Crippen LogP contribution in [-0.2, 0) is 16.2 Å². The molecule has 170 valence electrons. The van der Waals surface area contributed by atoms with Gasteiger partial charge in [0.2, 0.25) is 11.8 Å². The first-order valence-corrected chi connectivity index (χ1v) is 11.1. The maximum atomic E-state index is 12.1. The number of ether oxygens (including phenoxy) is 2. The maximum absolute atomic E-state index is 12.1. The molecule has 0 atom stereocenters. The molecule has 3 aromatic rings. The van der Waals surface area contributed by atoms with Gasteiger partial charge in [0, 0.05) is 4.47 Å². The van der Waals surface area contributed by atoms with Crippen molar-refractivity contribution in [3.8, 4) is 11.5 Å². The standard InChI is InChI=1S/C25H24BrN3O4/c1-2-32-23-14-19(12-13-22(23)33-17-18-8-4-3-5-9-18)16-27-29-25(31)15-24(30)28-21-11-7-6-10-20(21)26/h3-14,16H,2,15,17H2,1H3,(H,28,30)(H,29,31). The molecular formula is C25H24BrN3O4. The van der Waals surface area contributed by atoms with E-state index in [1.54, 1.807) is 36.4 Å². The highest BCUT2D eigenvalue weighted by molar-refractivity contribution is 9.10. The first-order chi connectivity index (χ1) is 16.0. The van der Waals surface area contributed by atoms with E-state index >= 15 is 0 Å². The van der Waals surface area contributed by atoms with E-state index in [2.05, 4.69) is 31.8 Å². The van der Waals surface area contributed by atoms with Crippen molar-refractivity contribution in [3.05, 3.63) is 88.4 Å². The fourth-order valence-corrected chi connectivity index (χ4v) is 3.23. The number of amides is 2. The van der Waals surface area contributed by atoms with Crippen molar-refractivity contribution in [3.63, 3.8) is 0 Å². The van der Waals surface area contributed by atoms with Crippen molar-refractivity contribution in [2.75, 3.05) is 11.9 Å². The van der Waals surface area contributed by atoms with Crippen LogP contribution in [0.3, 0.4) is 0 Å². The molecule has 0 fully saturated rings. The van der Waals surface area contributed by atoms with E-state index in [-0.39, 0.29) is 6.42 Å². The van der Waals surface area contributed by atoms with Crippen LogP contribution in [-0.4, -0.2) is 24.6 Å². The van der Waals surface area contributed by atoms with Crippen LogP contribution in [0, 0.1) is 0 Å². The summed E-state index contributed by atoms with van der Waals surface area (Å²) >= 11 is 3.34. The van der Waals surface area contributed by atoms with Crippen molar-refractivity contribution >= 4 is 39.6 Å². The van der Waals surface area contributed by atoms with Gasteiger partial charge in [-0.3, -0.25) is 9.59 Å². The molecule has 0 aromatic heterocycles. The maximum Gasteiger partial charge on any atom is 0.249 e. The third-order valence-corrected chi connectivity index (χ3v) is 5.07. The zero-order valence-corrected chi connectivity index (χ0v) is 19.7. The number of carbonyl (C=O) groups is 2. The summed E-state index contributed by atoms with van der Waals surface area (Å²) in [4.78, 5) is 24.1. The lowest BCUT2D eigenvalue weighted by molar-refractivity contribution is -0.126. The van der Waals surface area contributed by atoms with Gasteiger partial charge in [0.25, 0.3) is 0 Å². The third kappa shape index (κ3) is 7.76. The summed E-state index contributed by atoms with van der Waals surface area (Å²) < 4.78 is 12.3. The van der Waals surface area contributed by atoms with E-state index in [0.29, 0.717) is 36.0 Å². The Morgan fingerprint density at radius 3 is 2.45 bits per heavy atom. The van der Waals surface area contributed by atoms with Crippen LogP contribution in [0.5, 0.6) is 11.5 Å². The lowest BCUT2D eigenvalue weighted by atomic mass is 10.2. The molecule has 0 aliphatic heterocycles. The van der Waals surface area contributed by atoms with Crippen molar-refractivity contribution < 1.29 is 19.1 Å². The number of anilines is 1. The minimum Gasteiger partial charge on any atom is -0.490 e. The Morgan fingerprint density at radius 2 is 1.70 bits per heavy atom. The fourth-order valence-electron chi connectivity index (χ4n) is 2.85. The number of rotatable bonds is 10. The van der Waals surface area contributed by atoms with Crippen LogP contribution in [0.1, 0.15) is 24.5 Å². The molecule has 0 spiro atoms. The van der Waals surface area contributed by atoms with Crippen LogP contribution in [0.2, 0.25) is 0 Å². The lowest BCUT2D eigenvalue weighted by Gasteiger charge is -2.12. The molecule has 0 aliphatic rings. The predicted octanol–water partition coefficient (Wildman–Crippen LogP) is 4.91. The smallest absolute Gasteiger partial charge is 0.249 e. The largest absolute Gasteiger partial charge is 0.490 e. The van der Waals surface area contributed by atoms with Gasteiger partial charge in [-0.25, -0.2) is 5.43 Å². The molecule has 0 saturated carbocycles. The lowest BCUT2D eigenvalue weighted by Crippen LogP contribution is -2.24. The summed E-state index contributed by atoms with van der Waals surface area (Å²) in [6, 6.07) is 22.4. The van der Waals surface area contributed by atoms with Crippen LogP contribution in [0.4, 0.5) is 5.69 Å². The van der Waals surface area contributed by atoms with E-state index in [1.807, 2.05) is 43.3 Å². The van der Waals surface area contributed by atoms with Gasteiger partial charge in [-0.05, 0) is 64.3 Å². The van der Waals surface area contributed by atoms with Crippen molar-refractivity contribution in [1.82, 2.24) is 5.43 Å². The number of halogens is 1. The average Bonchev–Trinajstić information content (AvgIpc) is 2.81. The van der Waals surface area contributed by atoms with Gasteiger partial charge in [0.15, 0.2) is 11.5 Å². The Bertz CT molecular complexity index is 1120. The molecule has 3 rings (SSSR count). The molecule has 8 heteroatoms. The molecule has 33 heavy (non-hydrogen) atoms. The second kappa shape index (κ2) is 12.4. The molecule has 0 unspecified atom stereocenters. The molecule has 2 amide bonds. The molecule has 0 saturated heterocycles. The van der Waals surface area contributed by atoms with Crippen LogP contribution >= 0.6 is 15.9 Å². The van der Waals surface area contributed by atoms with Crippen LogP contribution < -0.4 is 20.2 Å². The molecule has 0 aliphatic carbocycles. The summed E-state index contributed by atoms with van der Waals surface area (Å²) in [5.41, 5.74) is 4.72. The highest BCUT2D eigenvalue weighted by Gasteiger charge is 2.11. The minimum atomic E-state index is -0.524. The number of nitrogens with zero attached hydrogens (tertiary/aromatic N) is 1. The molecular weight excluding hydrogens is 486 g/mol. The highest BCUT2D eigenvalue weighted by atomic mass is 79.9. The van der Waals surface area contributed by atoms with Gasteiger partial charge < -0.3 is 14.8 Å². The summed E-state index contributed by atoms with van der Waals surface area (Å²) in [5.74, 6) is 0.235. The number of hydrazone groups is 1. The Kier molecular flexibility index (Phi) is 9.02. The van der Waals surface area contributed by atoms with Crippen LogP contribution in [0.25, 0.3) is 0 Å². The average molecular weight is 510 g/mol. The summed E-state index contributed by atoms with van der Waals surface area (Å²) in [5, 5.41) is 6.61. The first-order valence-electron chi connectivity index (χ1n) is 10.3. The van der Waals surface area contributed by atoms with Gasteiger partial charge in [-0.2, -0.15) is 5.10 Å². The number of para-hydroxylation sites is 1. The van der Waals surface area contributed by atoms with Crippen molar-refractivity contribution in [1.29, 1.82) is 0 Å². The Hall–Kier alpha value is -3.65. The SMILES string of the molecule is CCOc1cc(C=NNC(=O)CC(=O)Nc2ccccc2Br)ccc1OCc1ccccc1. The second-order valence-electron chi connectivity index (χ2n) is 6.91. The fraction of sp³-hybridized carbons (Fsp3) is 0.160. The van der Waals surface area contributed by atoms with E-state index < -0.39 is 11.8 Å². The zero-order chi connectivity index (χ0) is 23.5. The monoisotopic (exact) mass is 509 g/mol. The number of benzene rings is 3. The summed E-state index contributed by atoms with van der Waals surface area (Å²) in [6.45, 7) is 2.79. The van der Waals surface area contributed by atoms with Crippen LogP contribution in [0.15, 0.2) is 82.4 Å². The zero-order valence-electron chi connectivity index (χ0n) is 18.1. The van der Waals surface area contributed by atoms with Gasteiger partial charge in [0.1, 0.15) is 13.0 Å². The molecule has 0 heterocycles. The van der Waals surface area contributed by atoms with Gasteiger partial charge in [-0.15, -0.1) is 0 Å². The number of nitrogens with one attached hydrogen (secondary N) is 2. The Labute approximate surface area is 200 Å².